The van der Waals surface area contributed by atoms with Gasteiger partial charge in [0, 0.05) is 11.8 Å². The van der Waals surface area contributed by atoms with Crippen LogP contribution in [0, 0.1) is 0 Å². The molecule has 0 aliphatic carbocycles. The van der Waals surface area contributed by atoms with E-state index in [4.69, 9.17) is 4.74 Å². The van der Waals surface area contributed by atoms with Gasteiger partial charge in [0.05, 0.1) is 12.8 Å². The maximum atomic E-state index is 11.0. The second kappa shape index (κ2) is 5.85. The average molecular weight is 257 g/mol. The molecular weight excluding hydrogens is 238 g/mol. The quantitative estimate of drug-likeness (QED) is 0.894. The molecule has 2 aromatic rings. The maximum Gasteiger partial charge on any atom is 0.137 e. The molecule has 0 spiro atoms. The monoisotopic (exact) mass is 257 g/mol. The summed E-state index contributed by atoms with van der Waals surface area (Å²) in [6.07, 6.45) is 3.93. The fourth-order valence-corrected chi connectivity index (χ4v) is 2.18. The van der Waals surface area contributed by atoms with Gasteiger partial charge in [-0.3, -0.25) is 4.98 Å². The minimum atomic E-state index is -1.03. The highest BCUT2D eigenvalue weighted by Gasteiger charge is 2.30. The zero-order valence-electron chi connectivity index (χ0n) is 11.3. The van der Waals surface area contributed by atoms with Gasteiger partial charge in [0.2, 0.25) is 0 Å². The molecule has 3 nitrogen and oxygen atoms in total. The minimum absolute atomic E-state index is 0.578. The van der Waals surface area contributed by atoms with Gasteiger partial charge >= 0.3 is 0 Å². The van der Waals surface area contributed by atoms with Crippen molar-refractivity contribution in [1.29, 1.82) is 0 Å². The predicted octanol–water partition coefficient (Wildman–Crippen LogP) is 3.13. The predicted molar refractivity (Wildman–Crippen MR) is 75.1 cm³/mol. The lowest BCUT2D eigenvalue weighted by atomic mass is 9.85. The molecule has 100 valence electrons. The SMILES string of the molecule is CCOc1cncc(C(O)(CC)c2ccccc2)c1. The first kappa shape index (κ1) is 13.6. The first-order chi connectivity index (χ1) is 9.20. The van der Waals surface area contributed by atoms with E-state index in [2.05, 4.69) is 4.98 Å². The highest BCUT2D eigenvalue weighted by atomic mass is 16.5. The van der Waals surface area contributed by atoms with Crippen LogP contribution in [0.1, 0.15) is 31.4 Å². The summed E-state index contributed by atoms with van der Waals surface area (Å²) in [5.41, 5.74) is 0.599. The van der Waals surface area contributed by atoms with Gasteiger partial charge in [-0.2, -0.15) is 0 Å². The number of ether oxygens (including phenoxy) is 1. The normalized spacial score (nSPS) is 13.8. The molecule has 0 saturated carbocycles. The number of nitrogens with zero attached hydrogens (tertiary/aromatic N) is 1. The standard InChI is InChI=1S/C16H19NO2/c1-3-16(18,13-8-6-5-7-9-13)14-10-15(19-4-2)12-17-11-14/h5-12,18H,3-4H2,1-2H3. The van der Waals surface area contributed by atoms with Crippen molar-refractivity contribution < 1.29 is 9.84 Å². The average Bonchev–Trinajstić information content (AvgIpc) is 2.48. The van der Waals surface area contributed by atoms with E-state index in [1.54, 1.807) is 12.4 Å². The van der Waals surface area contributed by atoms with Crippen molar-refractivity contribution in [3.63, 3.8) is 0 Å². The Kier molecular flexibility index (Phi) is 4.17. The second-order valence-corrected chi connectivity index (χ2v) is 4.42. The van der Waals surface area contributed by atoms with E-state index in [0.717, 1.165) is 11.1 Å². The smallest absolute Gasteiger partial charge is 0.137 e. The Balaban J connectivity index is 2.44. The van der Waals surface area contributed by atoms with Gasteiger partial charge in [-0.05, 0) is 25.0 Å². The Morgan fingerprint density at radius 3 is 2.47 bits per heavy atom. The first-order valence-corrected chi connectivity index (χ1v) is 6.57. The number of pyridine rings is 1. The third-order valence-electron chi connectivity index (χ3n) is 3.26. The minimum Gasteiger partial charge on any atom is -0.492 e. The summed E-state index contributed by atoms with van der Waals surface area (Å²) >= 11 is 0. The molecule has 0 aliphatic heterocycles. The van der Waals surface area contributed by atoms with E-state index in [0.29, 0.717) is 18.8 Å². The van der Waals surface area contributed by atoms with E-state index in [-0.39, 0.29) is 0 Å². The highest BCUT2D eigenvalue weighted by Crippen LogP contribution is 2.33. The topological polar surface area (TPSA) is 42.4 Å². The van der Waals surface area contributed by atoms with Crippen LogP contribution in [0.5, 0.6) is 5.75 Å². The number of rotatable bonds is 5. The van der Waals surface area contributed by atoms with Crippen LogP contribution in [-0.4, -0.2) is 16.7 Å². The van der Waals surface area contributed by atoms with Gasteiger partial charge in [-0.15, -0.1) is 0 Å². The number of aromatic nitrogens is 1. The molecule has 0 radical (unpaired) electrons. The van der Waals surface area contributed by atoms with Crippen molar-refractivity contribution in [3.8, 4) is 5.75 Å². The number of hydrogen-bond acceptors (Lipinski definition) is 3. The lowest BCUT2D eigenvalue weighted by Crippen LogP contribution is -2.26. The third-order valence-corrected chi connectivity index (χ3v) is 3.26. The van der Waals surface area contributed by atoms with Gasteiger partial charge < -0.3 is 9.84 Å². The molecule has 1 heterocycles. The van der Waals surface area contributed by atoms with Crippen molar-refractivity contribution >= 4 is 0 Å². The summed E-state index contributed by atoms with van der Waals surface area (Å²) < 4.78 is 5.45. The van der Waals surface area contributed by atoms with Crippen LogP contribution in [0.4, 0.5) is 0 Å². The van der Waals surface area contributed by atoms with Crippen molar-refractivity contribution in [2.75, 3.05) is 6.61 Å². The van der Waals surface area contributed by atoms with E-state index in [1.807, 2.05) is 50.2 Å². The van der Waals surface area contributed by atoms with Gasteiger partial charge in [0.25, 0.3) is 0 Å². The molecule has 2 rings (SSSR count). The van der Waals surface area contributed by atoms with E-state index < -0.39 is 5.60 Å². The number of aliphatic hydroxyl groups is 1. The maximum absolute atomic E-state index is 11.0. The molecule has 0 aliphatic rings. The summed E-state index contributed by atoms with van der Waals surface area (Å²) in [4.78, 5) is 4.16. The molecule has 1 aromatic carbocycles. The van der Waals surface area contributed by atoms with E-state index in [9.17, 15) is 5.11 Å². The van der Waals surface area contributed by atoms with Crippen LogP contribution >= 0.6 is 0 Å². The first-order valence-electron chi connectivity index (χ1n) is 6.57. The lowest BCUT2D eigenvalue weighted by molar-refractivity contribution is 0.0758. The van der Waals surface area contributed by atoms with E-state index >= 15 is 0 Å². The molecule has 0 saturated heterocycles. The summed E-state index contributed by atoms with van der Waals surface area (Å²) in [5, 5.41) is 11.0. The van der Waals surface area contributed by atoms with Crippen LogP contribution in [-0.2, 0) is 5.60 Å². The number of benzene rings is 1. The largest absolute Gasteiger partial charge is 0.492 e. The highest BCUT2D eigenvalue weighted by molar-refractivity contribution is 5.37. The van der Waals surface area contributed by atoms with Crippen LogP contribution in [0.2, 0.25) is 0 Å². The second-order valence-electron chi connectivity index (χ2n) is 4.42. The van der Waals surface area contributed by atoms with Crippen molar-refractivity contribution in [2.24, 2.45) is 0 Å². The molecule has 1 aromatic heterocycles. The molecule has 19 heavy (non-hydrogen) atoms. The number of hydrogen-bond donors (Lipinski definition) is 1. The molecular formula is C16H19NO2. The summed E-state index contributed by atoms with van der Waals surface area (Å²) in [6, 6.07) is 11.5. The van der Waals surface area contributed by atoms with Crippen molar-refractivity contribution in [1.82, 2.24) is 4.98 Å². The summed E-state index contributed by atoms with van der Waals surface area (Å²) in [6.45, 7) is 4.47. The summed E-state index contributed by atoms with van der Waals surface area (Å²) in [7, 11) is 0. The molecule has 0 amide bonds. The van der Waals surface area contributed by atoms with Crippen molar-refractivity contribution in [3.05, 3.63) is 59.9 Å². The summed E-state index contributed by atoms with van der Waals surface area (Å²) in [5.74, 6) is 0.683. The molecule has 1 N–H and O–H groups in total. The molecule has 0 fully saturated rings. The molecule has 1 unspecified atom stereocenters. The van der Waals surface area contributed by atoms with Gasteiger partial charge in [0.15, 0.2) is 0 Å². The Morgan fingerprint density at radius 2 is 1.84 bits per heavy atom. The fourth-order valence-electron chi connectivity index (χ4n) is 2.18. The van der Waals surface area contributed by atoms with E-state index in [1.165, 1.54) is 0 Å². The van der Waals surface area contributed by atoms with Gasteiger partial charge in [0.1, 0.15) is 11.4 Å². The molecule has 0 bridgehead atoms. The van der Waals surface area contributed by atoms with Crippen LogP contribution in [0.25, 0.3) is 0 Å². The van der Waals surface area contributed by atoms with Gasteiger partial charge in [-0.1, -0.05) is 37.3 Å². The Bertz CT molecular complexity index is 527. The fraction of sp³-hybridized carbons (Fsp3) is 0.312. The Hall–Kier alpha value is -1.87. The lowest BCUT2D eigenvalue weighted by Gasteiger charge is -2.28. The third kappa shape index (κ3) is 2.76. The zero-order chi connectivity index (χ0) is 13.7. The molecule has 3 heteroatoms. The Morgan fingerprint density at radius 1 is 1.11 bits per heavy atom. The van der Waals surface area contributed by atoms with Crippen LogP contribution < -0.4 is 4.74 Å². The van der Waals surface area contributed by atoms with Gasteiger partial charge in [-0.25, -0.2) is 0 Å². The Labute approximate surface area is 113 Å². The zero-order valence-corrected chi connectivity index (χ0v) is 11.3. The molecule has 1 atom stereocenters. The van der Waals surface area contributed by atoms with Crippen LogP contribution in [0.15, 0.2) is 48.8 Å². The van der Waals surface area contributed by atoms with Crippen LogP contribution in [0.3, 0.4) is 0 Å². The van der Waals surface area contributed by atoms with Crippen molar-refractivity contribution in [2.45, 2.75) is 25.9 Å².